The molecule has 1 aromatic heterocycles. The summed E-state index contributed by atoms with van der Waals surface area (Å²) in [5.41, 5.74) is -3.83. The minimum absolute atomic E-state index is 0.0516. The normalized spacial score (nSPS) is 13.0. The maximum absolute atomic E-state index is 13.0. The summed E-state index contributed by atoms with van der Waals surface area (Å²) in [6, 6.07) is 4.47. The number of aromatic nitrogens is 1. The topological polar surface area (TPSA) is 79.4 Å². The molecule has 1 N–H and O–H groups in total. The number of hydrogen-bond donors (Lipinski definition) is 1. The molecule has 2 aromatic carbocycles. The van der Waals surface area contributed by atoms with Crippen molar-refractivity contribution in [1.82, 2.24) is 9.29 Å². The predicted molar refractivity (Wildman–Crippen MR) is 105 cm³/mol. The zero-order chi connectivity index (χ0) is 24.1. The number of carbonyl (C=O) groups excluding carboxylic acids is 1. The van der Waals surface area contributed by atoms with Gasteiger partial charge in [-0.25, -0.2) is 17.7 Å². The van der Waals surface area contributed by atoms with Crippen LogP contribution in [0.5, 0.6) is 0 Å². The standard InChI is InChI=1S/C18H13F6N3O3S2/c1-27(2)32(29,30)12-3-4-13-14(8-12)31-16(25-13)26-15(28)9-5-10(17(19,20)21)7-11(6-9)18(22,23)24/h3-8H,1-2H3,(H,25,26,28). The number of anilines is 1. The molecule has 0 bridgehead atoms. The van der Waals surface area contributed by atoms with Crippen LogP contribution in [0.15, 0.2) is 41.3 Å². The molecule has 0 unspecified atom stereocenters. The summed E-state index contributed by atoms with van der Waals surface area (Å²) in [6.45, 7) is 0. The first-order chi connectivity index (χ1) is 14.6. The zero-order valence-corrected chi connectivity index (χ0v) is 17.8. The lowest BCUT2D eigenvalue weighted by molar-refractivity contribution is -0.143. The number of nitrogens with zero attached hydrogens (tertiary/aromatic N) is 2. The van der Waals surface area contributed by atoms with Gasteiger partial charge in [-0.2, -0.15) is 26.3 Å². The second kappa shape index (κ2) is 8.01. The fourth-order valence-corrected chi connectivity index (χ4v) is 4.49. The van der Waals surface area contributed by atoms with Gasteiger partial charge in [-0.05, 0) is 36.4 Å². The molecule has 0 aliphatic rings. The first kappa shape index (κ1) is 23.9. The lowest BCUT2D eigenvalue weighted by Gasteiger charge is -2.13. The number of sulfonamides is 1. The molecular weight excluding hydrogens is 484 g/mol. The lowest BCUT2D eigenvalue weighted by Crippen LogP contribution is -2.22. The van der Waals surface area contributed by atoms with E-state index in [9.17, 15) is 39.6 Å². The zero-order valence-electron chi connectivity index (χ0n) is 16.2. The molecule has 32 heavy (non-hydrogen) atoms. The number of rotatable bonds is 4. The van der Waals surface area contributed by atoms with Gasteiger partial charge in [0.15, 0.2) is 5.13 Å². The molecule has 172 valence electrons. The quantitative estimate of drug-likeness (QED) is 0.524. The minimum Gasteiger partial charge on any atom is -0.298 e. The van der Waals surface area contributed by atoms with E-state index in [4.69, 9.17) is 0 Å². The van der Waals surface area contributed by atoms with E-state index in [1.807, 2.05) is 0 Å². The molecule has 3 rings (SSSR count). The van der Waals surface area contributed by atoms with Gasteiger partial charge in [0.2, 0.25) is 10.0 Å². The van der Waals surface area contributed by atoms with Gasteiger partial charge in [-0.3, -0.25) is 10.1 Å². The highest BCUT2D eigenvalue weighted by atomic mass is 32.2. The van der Waals surface area contributed by atoms with Gasteiger partial charge < -0.3 is 0 Å². The third-order valence-corrected chi connectivity index (χ3v) is 6.95. The van der Waals surface area contributed by atoms with Gasteiger partial charge in [-0.1, -0.05) is 11.3 Å². The molecule has 0 atom stereocenters. The van der Waals surface area contributed by atoms with Crippen molar-refractivity contribution in [2.24, 2.45) is 0 Å². The maximum Gasteiger partial charge on any atom is 0.416 e. The molecule has 0 radical (unpaired) electrons. The molecule has 3 aromatic rings. The summed E-state index contributed by atoms with van der Waals surface area (Å²) in [5, 5.41) is 2.03. The van der Waals surface area contributed by atoms with Gasteiger partial charge in [0, 0.05) is 19.7 Å². The van der Waals surface area contributed by atoms with Crippen molar-refractivity contribution in [3.63, 3.8) is 0 Å². The highest BCUT2D eigenvalue weighted by Crippen LogP contribution is 2.37. The number of benzene rings is 2. The maximum atomic E-state index is 13.0. The predicted octanol–water partition coefficient (Wildman–Crippen LogP) is 4.84. The van der Waals surface area contributed by atoms with Crippen molar-refractivity contribution in [2.75, 3.05) is 19.4 Å². The Bertz CT molecular complexity index is 1270. The molecule has 0 aliphatic carbocycles. The van der Waals surface area contributed by atoms with Gasteiger partial charge in [0.05, 0.1) is 26.2 Å². The van der Waals surface area contributed by atoms with E-state index in [1.165, 1.54) is 32.3 Å². The highest BCUT2D eigenvalue weighted by Gasteiger charge is 2.37. The number of nitrogens with one attached hydrogen (secondary N) is 1. The summed E-state index contributed by atoms with van der Waals surface area (Å²) in [6.07, 6.45) is -10.2. The smallest absolute Gasteiger partial charge is 0.298 e. The molecule has 0 saturated carbocycles. The molecule has 1 heterocycles. The Kier molecular flexibility index (Phi) is 5.99. The summed E-state index contributed by atoms with van der Waals surface area (Å²) in [5.74, 6) is -1.23. The Morgan fingerprint density at radius 3 is 2.03 bits per heavy atom. The Balaban J connectivity index is 1.96. The van der Waals surface area contributed by atoms with Crippen molar-refractivity contribution in [3.05, 3.63) is 53.1 Å². The van der Waals surface area contributed by atoms with Crippen LogP contribution in [-0.2, 0) is 22.4 Å². The van der Waals surface area contributed by atoms with Crippen LogP contribution in [0, 0.1) is 0 Å². The molecule has 0 spiro atoms. The summed E-state index contributed by atoms with van der Waals surface area (Å²) in [4.78, 5) is 16.4. The first-order valence-electron chi connectivity index (χ1n) is 8.53. The average molecular weight is 497 g/mol. The van der Waals surface area contributed by atoms with Crippen LogP contribution in [-0.4, -0.2) is 37.7 Å². The van der Waals surface area contributed by atoms with Crippen LogP contribution in [0.3, 0.4) is 0 Å². The second-order valence-corrected chi connectivity index (χ2v) is 9.87. The number of hydrogen-bond acceptors (Lipinski definition) is 5. The number of alkyl halides is 6. The van der Waals surface area contributed by atoms with Gasteiger partial charge in [0.25, 0.3) is 5.91 Å². The Morgan fingerprint density at radius 2 is 1.53 bits per heavy atom. The number of amides is 1. The van der Waals surface area contributed by atoms with E-state index in [0.29, 0.717) is 16.8 Å². The Morgan fingerprint density at radius 1 is 0.969 bits per heavy atom. The van der Waals surface area contributed by atoms with Crippen LogP contribution in [0.4, 0.5) is 31.5 Å². The highest BCUT2D eigenvalue weighted by molar-refractivity contribution is 7.89. The summed E-state index contributed by atoms with van der Waals surface area (Å²) < 4.78 is 104. The van der Waals surface area contributed by atoms with Crippen molar-refractivity contribution in [2.45, 2.75) is 17.2 Å². The lowest BCUT2D eigenvalue weighted by atomic mass is 10.0. The fraction of sp³-hybridized carbons (Fsp3) is 0.222. The van der Waals surface area contributed by atoms with Crippen molar-refractivity contribution in [3.8, 4) is 0 Å². The van der Waals surface area contributed by atoms with E-state index in [0.717, 1.165) is 15.6 Å². The fourth-order valence-electron chi connectivity index (χ4n) is 2.58. The van der Waals surface area contributed by atoms with Crippen molar-refractivity contribution in [1.29, 1.82) is 0 Å². The third kappa shape index (κ3) is 4.86. The average Bonchev–Trinajstić information content (AvgIpc) is 3.07. The molecule has 0 saturated heterocycles. The molecule has 6 nitrogen and oxygen atoms in total. The number of thiazole rings is 1. The molecule has 14 heteroatoms. The summed E-state index contributed by atoms with van der Waals surface area (Å²) >= 11 is 0.811. The van der Waals surface area contributed by atoms with Crippen LogP contribution < -0.4 is 5.32 Å². The first-order valence-corrected chi connectivity index (χ1v) is 10.8. The van der Waals surface area contributed by atoms with Crippen LogP contribution in [0.2, 0.25) is 0 Å². The second-order valence-electron chi connectivity index (χ2n) is 6.68. The van der Waals surface area contributed by atoms with Crippen LogP contribution in [0.25, 0.3) is 10.2 Å². The van der Waals surface area contributed by atoms with E-state index >= 15 is 0 Å². The van der Waals surface area contributed by atoms with E-state index in [2.05, 4.69) is 10.3 Å². The molecule has 0 fully saturated rings. The molecule has 1 amide bonds. The Hall–Kier alpha value is -2.71. The summed E-state index contributed by atoms with van der Waals surface area (Å²) in [7, 11) is -1.08. The monoisotopic (exact) mass is 497 g/mol. The van der Waals surface area contributed by atoms with Crippen molar-refractivity contribution < 1.29 is 39.6 Å². The van der Waals surface area contributed by atoms with E-state index in [1.54, 1.807) is 0 Å². The largest absolute Gasteiger partial charge is 0.416 e. The number of halogens is 6. The molecule has 0 aliphatic heterocycles. The van der Waals surface area contributed by atoms with Crippen molar-refractivity contribution >= 4 is 42.6 Å². The minimum atomic E-state index is -5.10. The van der Waals surface area contributed by atoms with Gasteiger partial charge >= 0.3 is 12.4 Å². The third-order valence-electron chi connectivity index (χ3n) is 4.21. The van der Waals surface area contributed by atoms with E-state index < -0.39 is 45.0 Å². The number of fused-ring (bicyclic) bond motifs is 1. The number of carbonyl (C=O) groups is 1. The van der Waals surface area contributed by atoms with Gasteiger partial charge in [0.1, 0.15) is 0 Å². The van der Waals surface area contributed by atoms with E-state index in [-0.39, 0.29) is 21.6 Å². The molecular formula is C18H13F6N3O3S2. The Labute approximate surface area is 181 Å². The van der Waals surface area contributed by atoms with Crippen LogP contribution >= 0.6 is 11.3 Å². The SMILES string of the molecule is CN(C)S(=O)(=O)c1ccc2nc(NC(=O)c3cc(C(F)(F)F)cc(C(F)(F)F)c3)sc2c1. The van der Waals surface area contributed by atoms with Gasteiger partial charge in [-0.15, -0.1) is 0 Å². The van der Waals surface area contributed by atoms with Crippen LogP contribution in [0.1, 0.15) is 21.5 Å².